The van der Waals surface area contributed by atoms with E-state index in [1.54, 1.807) is 102 Å². The Morgan fingerprint density at radius 1 is 0.524 bits per heavy atom. The summed E-state index contributed by atoms with van der Waals surface area (Å²) in [5.74, 6) is 14.1. The Bertz CT molecular complexity index is 955. The Kier molecular flexibility index (Phi) is 8.32. The van der Waals surface area contributed by atoms with E-state index in [0.29, 0.717) is 0 Å². The molecule has 0 aromatic carbocycles. The minimum atomic E-state index is -1.48. The summed E-state index contributed by atoms with van der Waals surface area (Å²) in [5, 5.41) is 2.08. The van der Waals surface area contributed by atoms with Crippen molar-refractivity contribution in [1.82, 2.24) is 0 Å². The smallest absolute Gasteiger partial charge is 0.0611 e. The van der Waals surface area contributed by atoms with Crippen LogP contribution in [-0.2, 0) is 0 Å². The lowest BCUT2D eigenvalue weighted by atomic mass is 9.53. The Balaban J connectivity index is 1.15. The lowest BCUT2D eigenvalue weighted by Gasteiger charge is -2.55. The van der Waals surface area contributed by atoms with Gasteiger partial charge in [0.05, 0.1) is 8.07 Å². The van der Waals surface area contributed by atoms with Gasteiger partial charge in [0.25, 0.3) is 0 Å². The Morgan fingerprint density at radius 2 is 1.17 bits per heavy atom. The van der Waals surface area contributed by atoms with Crippen molar-refractivity contribution in [3.8, 4) is 0 Å². The average Bonchev–Trinajstić information content (AvgIpc) is 3.77. The van der Waals surface area contributed by atoms with E-state index in [4.69, 9.17) is 0 Å². The van der Waals surface area contributed by atoms with Crippen molar-refractivity contribution >= 4 is 19.8 Å². The molecule has 7 saturated carbocycles. The van der Waals surface area contributed by atoms with Gasteiger partial charge in [0.1, 0.15) is 0 Å². The molecule has 0 bridgehead atoms. The highest BCUT2D eigenvalue weighted by Crippen LogP contribution is 2.72. The van der Waals surface area contributed by atoms with Crippen LogP contribution in [0.25, 0.3) is 0 Å². The minimum Gasteiger partial charge on any atom is -0.155 e. The van der Waals surface area contributed by atoms with Crippen LogP contribution in [0.3, 0.4) is 0 Å². The van der Waals surface area contributed by atoms with Crippen molar-refractivity contribution in [2.75, 3.05) is 0 Å². The maximum absolute atomic E-state index is 2.84. The van der Waals surface area contributed by atoms with E-state index < -0.39 is 8.07 Å². The summed E-state index contributed by atoms with van der Waals surface area (Å²) in [6, 6.07) is 3.21. The van der Waals surface area contributed by atoms with Crippen LogP contribution in [0.15, 0.2) is 0 Å². The third-order valence-corrected chi connectivity index (χ3v) is 26.9. The molecule has 8 fully saturated rings. The van der Waals surface area contributed by atoms with Crippen molar-refractivity contribution in [3.63, 3.8) is 0 Å². The summed E-state index contributed by atoms with van der Waals surface area (Å²) in [6.07, 6.45) is 25.5. The van der Waals surface area contributed by atoms with Gasteiger partial charge >= 0.3 is 0 Å². The number of thioether (sulfide) groups is 1. The normalized spacial score (nSPS) is 55.5. The molecule has 0 nitrogen and oxygen atoms in total. The third kappa shape index (κ3) is 4.37. The van der Waals surface area contributed by atoms with Gasteiger partial charge in [0, 0.05) is 10.5 Å². The summed E-state index contributed by atoms with van der Waals surface area (Å²) in [7, 11) is -1.48. The van der Waals surface area contributed by atoms with Crippen LogP contribution >= 0.6 is 11.8 Å². The van der Waals surface area contributed by atoms with Gasteiger partial charge in [0.15, 0.2) is 0 Å². The molecule has 2 heteroatoms. The molecule has 1 saturated heterocycles. The Morgan fingerprint density at radius 3 is 1.95 bits per heavy atom. The van der Waals surface area contributed by atoms with Gasteiger partial charge in [0.2, 0.25) is 0 Å². The largest absolute Gasteiger partial charge is 0.155 e. The maximum Gasteiger partial charge on any atom is 0.0611 e. The van der Waals surface area contributed by atoms with Crippen molar-refractivity contribution < 1.29 is 0 Å². The first-order valence-corrected chi connectivity index (χ1v) is 23.6. The van der Waals surface area contributed by atoms with E-state index >= 15 is 0 Å². The fraction of sp³-hybridized carbons (Fsp3) is 1.00. The highest BCUT2D eigenvalue weighted by Gasteiger charge is 2.67. The predicted octanol–water partition coefficient (Wildman–Crippen LogP) is 12.1. The lowest BCUT2D eigenvalue weighted by molar-refractivity contribution is -0.0347. The molecule has 8 rings (SSSR count). The standard InChI is InChI=1S/C40H68SSi/c1-6-42(7-2,40-26(5)25(4)36-32-18-10-11-21-35(32)41-38(36)40)39-24(3)22-33-34(39)23-28-16-13-19-30(28)37(33)31-20-12-15-27-14-8-9-17-29(27)31/h24-40H,6-23H2,1-5H3. The maximum atomic E-state index is 2.84. The van der Waals surface area contributed by atoms with E-state index in [0.717, 1.165) is 98.5 Å². The van der Waals surface area contributed by atoms with Crippen LogP contribution in [-0.4, -0.2) is 18.6 Å². The molecule has 42 heavy (non-hydrogen) atoms. The molecular formula is C40H68SSi. The lowest BCUT2D eigenvalue weighted by Crippen LogP contribution is -2.53. The molecular weight excluding hydrogens is 541 g/mol. The second-order valence-corrected chi connectivity index (χ2v) is 25.0. The number of rotatable bonds is 5. The fourth-order valence-corrected chi connectivity index (χ4v) is 27.2. The highest BCUT2D eigenvalue weighted by molar-refractivity contribution is 8.01. The molecule has 7 aliphatic carbocycles. The SMILES string of the molecule is CC[Si](CC)(C1C(C)CC2C1CC1CCCC1C2C1CCCC2CCCCC21)C1C(C)C(C)C2C3CCCCC3SC21. The van der Waals surface area contributed by atoms with Crippen LogP contribution in [0.1, 0.15) is 137 Å². The van der Waals surface area contributed by atoms with Crippen molar-refractivity contribution in [3.05, 3.63) is 0 Å². The Labute approximate surface area is 266 Å². The molecule has 1 aliphatic heterocycles. The molecule has 0 spiro atoms. The van der Waals surface area contributed by atoms with Crippen molar-refractivity contribution in [2.45, 2.75) is 171 Å². The van der Waals surface area contributed by atoms with Gasteiger partial charge in [-0.3, -0.25) is 0 Å². The molecule has 1 heterocycles. The predicted molar refractivity (Wildman–Crippen MR) is 186 cm³/mol. The summed E-state index contributed by atoms with van der Waals surface area (Å²) in [6.45, 7) is 13.9. The third-order valence-electron chi connectivity index (χ3n) is 17.6. The van der Waals surface area contributed by atoms with Crippen molar-refractivity contribution in [1.29, 1.82) is 0 Å². The van der Waals surface area contributed by atoms with Gasteiger partial charge in [-0.15, -0.1) is 0 Å². The van der Waals surface area contributed by atoms with Crippen LogP contribution in [0.5, 0.6) is 0 Å². The summed E-state index contributed by atoms with van der Waals surface area (Å²) in [4.78, 5) is 0. The highest BCUT2D eigenvalue weighted by atomic mass is 32.2. The first-order valence-electron chi connectivity index (χ1n) is 20.1. The minimum absolute atomic E-state index is 0.988. The van der Waals surface area contributed by atoms with Gasteiger partial charge in [-0.05, 0) is 133 Å². The molecule has 0 amide bonds. The molecule has 17 unspecified atom stereocenters. The van der Waals surface area contributed by atoms with Crippen molar-refractivity contribution in [2.24, 2.45) is 76.9 Å². The second kappa shape index (κ2) is 11.7. The van der Waals surface area contributed by atoms with Gasteiger partial charge < -0.3 is 0 Å². The molecule has 0 N–H and O–H groups in total. The zero-order valence-electron chi connectivity index (χ0n) is 28.5. The first-order chi connectivity index (χ1) is 20.5. The fourth-order valence-electron chi connectivity index (χ4n) is 16.4. The van der Waals surface area contributed by atoms with E-state index in [2.05, 4.69) is 46.4 Å². The summed E-state index contributed by atoms with van der Waals surface area (Å²) < 4.78 is 0. The van der Waals surface area contributed by atoms with E-state index in [1.165, 1.54) is 12.8 Å². The van der Waals surface area contributed by atoms with Gasteiger partial charge in [-0.25, -0.2) is 0 Å². The van der Waals surface area contributed by atoms with Crippen LogP contribution in [0.4, 0.5) is 0 Å². The summed E-state index contributed by atoms with van der Waals surface area (Å²) in [5.41, 5.74) is 2.26. The first kappa shape index (κ1) is 29.9. The molecule has 0 aromatic heterocycles. The molecule has 8 aliphatic rings. The van der Waals surface area contributed by atoms with Gasteiger partial charge in [-0.2, -0.15) is 11.8 Å². The number of hydrogen-bond acceptors (Lipinski definition) is 1. The van der Waals surface area contributed by atoms with Crippen LogP contribution in [0, 0.1) is 76.9 Å². The number of fused-ring (bicyclic) bond motifs is 6. The monoisotopic (exact) mass is 608 g/mol. The Hall–Kier alpha value is 0.567. The zero-order valence-corrected chi connectivity index (χ0v) is 30.3. The quantitative estimate of drug-likeness (QED) is 0.280. The second-order valence-electron chi connectivity index (χ2n) is 18.4. The molecule has 238 valence electrons. The zero-order chi connectivity index (χ0) is 28.7. The molecule has 17 atom stereocenters. The summed E-state index contributed by atoms with van der Waals surface area (Å²) >= 11 is 2.61. The van der Waals surface area contributed by atoms with Gasteiger partial charge in [-0.1, -0.05) is 104 Å². The number of hydrogen-bond donors (Lipinski definition) is 0. The van der Waals surface area contributed by atoms with Crippen LogP contribution in [0.2, 0.25) is 23.2 Å². The van der Waals surface area contributed by atoms with Crippen LogP contribution < -0.4 is 0 Å². The average molecular weight is 609 g/mol. The topological polar surface area (TPSA) is 0 Å². The van der Waals surface area contributed by atoms with E-state index in [9.17, 15) is 0 Å². The van der Waals surface area contributed by atoms with E-state index in [1.807, 2.05) is 0 Å². The molecule has 0 aromatic rings. The molecule has 0 radical (unpaired) electrons. The van der Waals surface area contributed by atoms with E-state index in [-0.39, 0.29) is 0 Å².